The number of benzene rings is 2. The van der Waals surface area contributed by atoms with Crippen molar-refractivity contribution >= 4 is 32.7 Å². The summed E-state index contributed by atoms with van der Waals surface area (Å²) in [6.07, 6.45) is 3.62. The van der Waals surface area contributed by atoms with Crippen LogP contribution in [0.1, 0.15) is 30.0 Å². The zero-order valence-corrected chi connectivity index (χ0v) is 14.2. The Bertz CT molecular complexity index is 870. The Kier molecular flexibility index (Phi) is 3.69. The van der Waals surface area contributed by atoms with E-state index in [1.54, 1.807) is 0 Å². The highest BCUT2D eigenvalue weighted by Gasteiger charge is 2.32. The molecule has 4 heteroatoms. The van der Waals surface area contributed by atoms with Gasteiger partial charge >= 0.3 is 0 Å². The SMILES string of the molecule is O=C1CCCN1C(c1ccccc1Br)c1c[nH]c2ccccc12. The molecule has 4 rings (SSSR count). The highest BCUT2D eigenvalue weighted by molar-refractivity contribution is 9.10. The van der Waals surface area contributed by atoms with Crippen molar-refractivity contribution in [1.82, 2.24) is 9.88 Å². The number of nitrogens with zero attached hydrogens (tertiary/aromatic N) is 1. The summed E-state index contributed by atoms with van der Waals surface area (Å²) in [6, 6.07) is 16.4. The molecule has 1 N–H and O–H groups in total. The van der Waals surface area contributed by atoms with Gasteiger partial charge in [0, 0.05) is 40.1 Å². The van der Waals surface area contributed by atoms with Gasteiger partial charge in [0.05, 0.1) is 6.04 Å². The van der Waals surface area contributed by atoms with Crippen molar-refractivity contribution in [3.63, 3.8) is 0 Å². The number of carbonyl (C=O) groups is 1. The van der Waals surface area contributed by atoms with E-state index in [9.17, 15) is 4.79 Å². The van der Waals surface area contributed by atoms with Crippen LogP contribution in [0.25, 0.3) is 10.9 Å². The van der Waals surface area contributed by atoms with Gasteiger partial charge in [-0.2, -0.15) is 0 Å². The van der Waals surface area contributed by atoms with Crippen molar-refractivity contribution in [3.05, 3.63) is 70.3 Å². The van der Waals surface area contributed by atoms with Gasteiger partial charge in [0.2, 0.25) is 5.91 Å². The first-order valence-electron chi connectivity index (χ1n) is 7.85. The normalized spacial score (nSPS) is 16.2. The van der Waals surface area contributed by atoms with Crippen LogP contribution in [0, 0.1) is 0 Å². The molecule has 1 amide bonds. The van der Waals surface area contributed by atoms with Crippen LogP contribution >= 0.6 is 15.9 Å². The van der Waals surface area contributed by atoms with E-state index in [-0.39, 0.29) is 11.9 Å². The lowest BCUT2D eigenvalue weighted by atomic mass is 9.97. The fraction of sp³-hybridized carbons (Fsp3) is 0.211. The Labute approximate surface area is 143 Å². The monoisotopic (exact) mass is 368 g/mol. The van der Waals surface area contributed by atoms with Crippen molar-refractivity contribution in [3.8, 4) is 0 Å². The first-order chi connectivity index (χ1) is 11.3. The largest absolute Gasteiger partial charge is 0.361 e. The Hall–Kier alpha value is -2.07. The molecule has 0 aliphatic carbocycles. The van der Waals surface area contributed by atoms with E-state index < -0.39 is 0 Å². The Morgan fingerprint density at radius 2 is 1.83 bits per heavy atom. The molecule has 23 heavy (non-hydrogen) atoms. The summed E-state index contributed by atoms with van der Waals surface area (Å²) in [5, 5.41) is 1.17. The summed E-state index contributed by atoms with van der Waals surface area (Å²) >= 11 is 3.67. The molecule has 1 fully saturated rings. The number of halogens is 1. The Morgan fingerprint density at radius 3 is 2.61 bits per heavy atom. The zero-order chi connectivity index (χ0) is 15.8. The molecule has 1 saturated heterocycles. The van der Waals surface area contributed by atoms with Crippen LogP contribution in [0.2, 0.25) is 0 Å². The number of para-hydroxylation sites is 1. The number of likely N-dealkylation sites (tertiary alicyclic amines) is 1. The number of carbonyl (C=O) groups excluding carboxylic acids is 1. The number of H-pyrrole nitrogens is 1. The molecule has 1 aromatic heterocycles. The highest BCUT2D eigenvalue weighted by atomic mass is 79.9. The van der Waals surface area contributed by atoms with Crippen LogP contribution in [0.5, 0.6) is 0 Å². The number of hydrogen-bond acceptors (Lipinski definition) is 1. The number of aromatic nitrogens is 1. The summed E-state index contributed by atoms with van der Waals surface area (Å²) in [5.41, 5.74) is 3.39. The third-order valence-electron chi connectivity index (χ3n) is 4.54. The van der Waals surface area contributed by atoms with E-state index in [0.717, 1.165) is 34.1 Å². The van der Waals surface area contributed by atoms with Gasteiger partial charge in [-0.15, -0.1) is 0 Å². The number of aromatic amines is 1. The molecule has 1 unspecified atom stereocenters. The molecule has 0 radical (unpaired) electrons. The number of nitrogens with one attached hydrogen (secondary N) is 1. The topological polar surface area (TPSA) is 36.1 Å². The van der Waals surface area contributed by atoms with Crippen LogP contribution in [0.15, 0.2) is 59.2 Å². The van der Waals surface area contributed by atoms with Crippen molar-refractivity contribution < 1.29 is 4.79 Å². The van der Waals surface area contributed by atoms with E-state index in [4.69, 9.17) is 0 Å². The Morgan fingerprint density at radius 1 is 1.04 bits per heavy atom. The number of amides is 1. The van der Waals surface area contributed by atoms with Crippen LogP contribution in [-0.4, -0.2) is 22.3 Å². The maximum absolute atomic E-state index is 12.4. The van der Waals surface area contributed by atoms with Gasteiger partial charge in [-0.05, 0) is 24.1 Å². The summed E-state index contributed by atoms with van der Waals surface area (Å²) < 4.78 is 1.04. The molecule has 1 aliphatic rings. The number of fused-ring (bicyclic) bond motifs is 1. The van der Waals surface area contributed by atoms with E-state index in [2.05, 4.69) is 39.1 Å². The average Bonchev–Trinajstić information content (AvgIpc) is 3.17. The third-order valence-corrected chi connectivity index (χ3v) is 5.26. The molecule has 0 spiro atoms. The summed E-state index contributed by atoms with van der Waals surface area (Å²) in [4.78, 5) is 17.8. The lowest BCUT2D eigenvalue weighted by Crippen LogP contribution is -2.30. The van der Waals surface area contributed by atoms with E-state index >= 15 is 0 Å². The second kappa shape index (κ2) is 5.85. The van der Waals surface area contributed by atoms with E-state index in [1.165, 1.54) is 5.39 Å². The van der Waals surface area contributed by atoms with Gasteiger partial charge in [0.1, 0.15) is 0 Å². The van der Waals surface area contributed by atoms with Gasteiger partial charge in [0.15, 0.2) is 0 Å². The average molecular weight is 369 g/mol. The number of hydrogen-bond donors (Lipinski definition) is 1. The quantitative estimate of drug-likeness (QED) is 0.717. The summed E-state index contributed by atoms with van der Waals surface area (Å²) in [5.74, 6) is 0.232. The maximum atomic E-state index is 12.4. The molecule has 2 heterocycles. The van der Waals surface area contributed by atoms with E-state index in [1.807, 2.05) is 41.4 Å². The van der Waals surface area contributed by atoms with Gasteiger partial charge in [0.25, 0.3) is 0 Å². The van der Waals surface area contributed by atoms with Crippen molar-refractivity contribution in [2.45, 2.75) is 18.9 Å². The summed E-state index contributed by atoms with van der Waals surface area (Å²) in [7, 11) is 0. The lowest BCUT2D eigenvalue weighted by Gasteiger charge is -2.29. The molecular formula is C19H17BrN2O. The van der Waals surface area contributed by atoms with Crippen LogP contribution in [0.4, 0.5) is 0 Å². The smallest absolute Gasteiger partial charge is 0.223 e. The lowest BCUT2D eigenvalue weighted by molar-refractivity contribution is -0.129. The Balaban J connectivity index is 1.92. The highest BCUT2D eigenvalue weighted by Crippen LogP contribution is 2.38. The standard InChI is InChI=1S/C19H17BrN2O/c20-16-8-3-1-7-14(16)19(22-11-5-10-18(22)23)15-12-21-17-9-4-2-6-13(15)17/h1-4,6-9,12,19,21H,5,10-11H2. The molecule has 0 saturated carbocycles. The first kappa shape index (κ1) is 14.5. The second-order valence-corrected chi connectivity index (χ2v) is 6.76. The maximum Gasteiger partial charge on any atom is 0.223 e. The zero-order valence-electron chi connectivity index (χ0n) is 12.6. The minimum absolute atomic E-state index is 0.0586. The molecule has 1 atom stereocenters. The minimum atomic E-state index is -0.0586. The van der Waals surface area contributed by atoms with Crippen molar-refractivity contribution in [2.24, 2.45) is 0 Å². The molecule has 2 aromatic carbocycles. The summed E-state index contributed by atoms with van der Waals surface area (Å²) in [6.45, 7) is 0.810. The predicted octanol–water partition coefficient (Wildman–Crippen LogP) is 4.64. The van der Waals surface area contributed by atoms with Crippen LogP contribution in [0.3, 0.4) is 0 Å². The van der Waals surface area contributed by atoms with Gasteiger partial charge in [-0.1, -0.05) is 52.3 Å². The first-order valence-corrected chi connectivity index (χ1v) is 8.65. The third kappa shape index (κ3) is 2.47. The van der Waals surface area contributed by atoms with Crippen molar-refractivity contribution in [1.29, 1.82) is 0 Å². The van der Waals surface area contributed by atoms with Gasteiger partial charge in [-0.25, -0.2) is 0 Å². The van der Waals surface area contributed by atoms with E-state index in [0.29, 0.717) is 6.42 Å². The number of rotatable bonds is 3. The molecule has 1 aliphatic heterocycles. The molecular weight excluding hydrogens is 352 g/mol. The molecule has 3 nitrogen and oxygen atoms in total. The van der Waals surface area contributed by atoms with Gasteiger partial charge in [-0.3, -0.25) is 4.79 Å². The van der Waals surface area contributed by atoms with Crippen molar-refractivity contribution in [2.75, 3.05) is 6.54 Å². The predicted molar refractivity (Wildman–Crippen MR) is 95.2 cm³/mol. The molecule has 0 bridgehead atoms. The van der Waals surface area contributed by atoms with Crippen LogP contribution < -0.4 is 0 Å². The minimum Gasteiger partial charge on any atom is -0.361 e. The molecule has 3 aromatic rings. The van der Waals surface area contributed by atoms with Crippen LogP contribution in [-0.2, 0) is 4.79 Å². The molecule has 116 valence electrons. The van der Waals surface area contributed by atoms with Gasteiger partial charge < -0.3 is 9.88 Å². The second-order valence-electron chi connectivity index (χ2n) is 5.90. The fourth-order valence-electron chi connectivity index (χ4n) is 3.46. The fourth-order valence-corrected chi connectivity index (χ4v) is 3.96.